The van der Waals surface area contributed by atoms with Crippen LogP contribution >= 0.6 is 22.6 Å². The maximum atomic E-state index is 4.00. The van der Waals surface area contributed by atoms with Gasteiger partial charge in [-0.3, -0.25) is 4.98 Å². The first-order valence-corrected chi connectivity index (χ1v) is 5.98. The molecule has 0 unspecified atom stereocenters. The van der Waals surface area contributed by atoms with Gasteiger partial charge in [-0.05, 0) is 28.8 Å². The Balaban J connectivity index is 2.34. The second kappa shape index (κ2) is 4.55. The molecule has 0 amide bonds. The molecule has 2 rings (SSSR count). The third-order valence-corrected chi connectivity index (χ3v) is 3.00. The van der Waals surface area contributed by atoms with Crippen LogP contribution in [0.25, 0.3) is 11.1 Å². The summed E-state index contributed by atoms with van der Waals surface area (Å²) in [6.45, 7) is 0. The van der Waals surface area contributed by atoms with E-state index in [0.29, 0.717) is 0 Å². The average molecular weight is 295 g/mol. The molecule has 0 N–H and O–H groups in total. The highest BCUT2D eigenvalue weighted by Gasteiger charge is 1.95. The Morgan fingerprint density at radius 3 is 2.00 bits per heavy atom. The van der Waals surface area contributed by atoms with Crippen LogP contribution in [-0.4, -0.2) is 4.98 Å². The lowest BCUT2D eigenvalue weighted by Crippen LogP contribution is -1.80. The van der Waals surface area contributed by atoms with Gasteiger partial charge in [-0.25, -0.2) is 0 Å². The fourth-order valence-corrected chi connectivity index (χ4v) is 1.84. The number of pyridine rings is 1. The Bertz CT molecular complexity index is 394. The number of hydrogen-bond donors (Lipinski definition) is 0. The molecular weight excluding hydrogens is 285 g/mol. The number of benzene rings is 1. The largest absolute Gasteiger partial charge is 0.265 e. The summed E-state index contributed by atoms with van der Waals surface area (Å²) in [5.41, 5.74) is 3.84. The highest BCUT2D eigenvalue weighted by molar-refractivity contribution is 14.1. The Morgan fingerprint density at radius 2 is 1.43 bits per heavy atom. The van der Waals surface area contributed by atoms with Crippen LogP contribution < -0.4 is 0 Å². The molecule has 1 heterocycles. The minimum Gasteiger partial charge on any atom is -0.265 e. The van der Waals surface area contributed by atoms with Gasteiger partial charge in [0.25, 0.3) is 0 Å². The third-order valence-electron chi connectivity index (χ3n) is 2.12. The van der Waals surface area contributed by atoms with Gasteiger partial charge < -0.3 is 0 Å². The molecule has 0 bridgehead atoms. The minimum atomic E-state index is 1.06. The van der Waals surface area contributed by atoms with Gasteiger partial charge in [-0.2, -0.15) is 0 Å². The van der Waals surface area contributed by atoms with E-state index in [4.69, 9.17) is 0 Å². The highest BCUT2D eigenvalue weighted by atomic mass is 127. The zero-order valence-corrected chi connectivity index (χ0v) is 9.81. The van der Waals surface area contributed by atoms with E-state index < -0.39 is 0 Å². The van der Waals surface area contributed by atoms with Crippen LogP contribution in [0, 0.1) is 0 Å². The molecule has 0 fully saturated rings. The van der Waals surface area contributed by atoms with E-state index in [1.807, 2.05) is 24.5 Å². The molecule has 70 valence electrons. The van der Waals surface area contributed by atoms with Gasteiger partial charge in [0.05, 0.1) is 0 Å². The van der Waals surface area contributed by atoms with Crippen LogP contribution in [0.15, 0.2) is 48.8 Å². The van der Waals surface area contributed by atoms with Crippen LogP contribution in [-0.2, 0) is 4.43 Å². The van der Waals surface area contributed by atoms with E-state index in [1.165, 1.54) is 16.7 Å². The lowest BCUT2D eigenvalue weighted by Gasteiger charge is -2.01. The monoisotopic (exact) mass is 295 g/mol. The summed E-state index contributed by atoms with van der Waals surface area (Å²) in [4.78, 5) is 4.00. The second-order valence-electron chi connectivity index (χ2n) is 3.07. The zero-order valence-electron chi connectivity index (χ0n) is 7.65. The third kappa shape index (κ3) is 2.12. The SMILES string of the molecule is ICc1ccc(-c2ccncc2)cc1. The number of rotatable bonds is 2. The molecule has 0 aliphatic carbocycles. The zero-order chi connectivity index (χ0) is 9.80. The molecule has 0 aliphatic heterocycles. The van der Waals surface area contributed by atoms with Crippen molar-refractivity contribution in [3.05, 3.63) is 54.4 Å². The Hall–Kier alpha value is -0.900. The van der Waals surface area contributed by atoms with E-state index in [1.54, 1.807) is 0 Å². The standard InChI is InChI=1S/C12H10IN/c13-9-10-1-3-11(4-2-10)12-5-7-14-8-6-12/h1-8H,9H2. The van der Waals surface area contributed by atoms with Gasteiger partial charge in [0.2, 0.25) is 0 Å². The van der Waals surface area contributed by atoms with Crippen LogP contribution in [0.2, 0.25) is 0 Å². The van der Waals surface area contributed by atoms with Gasteiger partial charge in [0, 0.05) is 16.8 Å². The summed E-state index contributed by atoms with van der Waals surface area (Å²) in [6, 6.07) is 12.7. The predicted octanol–water partition coefficient (Wildman–Crippen LogP) is 3.68. The van der Waals surface area contributed by atoms with Crippen molar-refractivity contribution in [3.63, 3.8) is 0 Å². The van der Waals surface area contributed by atoms with Gasteiger partial charge >= 0.3 is 0 Å². The number of nitrogens with zero attached hydrogens (tertiary/aromatic N) is 1. The first-order valence-electron chi connectivity index (χ1n) is 4.45. The number of alkyl halides is 1. The fourth-order valence-electron chi connectivity index (χ4n) is 1.33. The summed E-state index contributed by atoms with van der Waals surface area (Å²) in [7, 11) is 0. The van der Waals surface area contributed by atoms with Crippen LogP contribution in [0.1, 0.15) is 5.56 Å². The minimum absolute atomic E-state index is 1.06. The number of aromatic nitrogens is 1. The van der Waals surface area contributed by atoms with Crippen molar-refractivity contribution in [1.82, 2.24) is 4.98 Å². The molecule has 0 aliphatic rings. The quantitative estimate of drug-likeness (QED) is 0.608. The summed E-state index contributed by atoms with van der Waals surface area (Å²) in [5.74, 6) is 0. The fraction of sp³-hybridized carbons (Fsp3) is 0.0833. The molecule has 0 radical (unpaired) electrons. The van der Waals surface area contributed by atoms with Crippen molar-refractivity contribution in [2.24, 2.45) is 0 Å². The van der Waals surface area contributed by atoms with Crippen molar-refractivity contribution in [3.8, 4) is 11.1 Å². The van der Waals surface area contributed by atoms with Crippen LogP contribution in [0.3, 0.4) is 0 Å². The topological polar surface area (TPSA) is 12.9 Å². The molecule has 0 spiro atoms. The number of halogens is 1. The van der Waals surface area contributed by atoms with Crippen LogP contribution in [0.5, 0.6) is 0 Å². The lowest BCUT2D eigenvalue weighted by molar-refractivity contribution is 1.33. The molecule has 2 heteroatoms. The first kappa shape index (κ1) is 9.65. The van der Waals surface area contributed by atoms with E-state index >= 15 is 0 Å². The molecule has 0 saturated carbocycles. The molecule has 0 saturated heterocycles. The first-order chi connectivity index (χ1) is 6.90. The van der Waals surface area contributed by atoms with Gasteiger partial charge in [-0.15, -0.1) is 0 Å². The maximum absolute atomic E-state index is 4.00. The molecular formula is C12H10IN. The van der Waals surface area contributed by atoms with Gasteiger partial charge in [-0.1, -0.05) is 46.9 Å². The Kier molecular flexibility index (Phi) is 3.14. The average Bonchev–Trinajstić information content (AvgIpc) is 2.30. The molecule has 1 aromatic carbocycles. The van der Waals surface area contributed by atoms with Crippen LogP contribution in [0.4, 0.5) is 0 Å². The van der Waals surface area contributed by atoms with Gasteiger partial charge in [0.15, 0.2) is 0 Å². The van der Waals surface area contributed by atoms with Crippen molar-refractivity contribution in [1.29, 1.82) is 0 Å². The maximum Gasteiger partial charge on any atom is 0.0273 e. The molecule has 1 aromatic heterocycles. The van der Waals surface area contributed by atoms with E-state index in [9.17, 15) is 0 Å². The summed E-state index contributed by atoms with van der Waals surface area (Å²) >= 11 is 2.37. The Labute approximate surface area is 97.3 Å². The van der Waals surface area contributed by atoms with Crippen molar-refractivity contribution in [2.45, 2.75) is 4.43 Å². The molecule has 1 nitrogen and oxygen atoms in total. The van der Waals surface area contributed by atoms with E-state index in [-0.39, 0.29) is 0 Å². The summed E-state index contributed by atoms with van der Waals surface area (Å²) in [5, 5.41) is 0. The van der Waals surface area contributed by atoms with Crippen molar-refractivity contribution in [2.75, 3.05) is 0 Å². The van der Waals surface area contributed by atoms with E-state index in [0.717, 1.165) is 4.43 Å². The number of hydrogen-bond acceptors (Lipinski definition) is 1. The van der Waals surface area contributed by atoms with E-state index in [2.05, 4.69) is 51.8 Å². The van der Waals surface area contributed by atoms with Crippen molar-refractivity contribution < 1.29 is 0 Å². The molecule has 0 atom stereocenters. The second-order valence-corrected chi connectivity index (χ2v) is 3.83. The predicted molar refractivity (Wildman–Crippen MR) is 67.4 cm³/mol. The molecule has 14 heavy (non-hydrogen) atoms. The van der Waals surface area contributed by atoms with Gasteiger partial charge in [0.1, 0.15) is 0 Å². The smallest absolute Gasteiger partial charge is 0.0273 e. The Morgan fingerprint density at radius 1 is 0.857 bits per heavy atom. The van der Waals surface area contributed by atoms with Crippen molar-refractivity contribution >= 4 is 22.6 Å². The molecule has 2 aromatic rings. The highest BCUT2D eigenvalue weighted by Crippen LogP contribution is 2.19. The lowest BCUT2D eigenvalue weighted by atomic mass is 10.1. The summed E-state index contributed by atoms with van der Waals surface area (Å²) < 4.78 is 1.06. The normalized spacial score (nSPS) is 10.1. The summed E-state index contributed by atoms with van der Waals surface area (Å²) in [6.07, 6.45) is 3.64.